The number of benzene rings is 2. The van der Waals surface area contributed by atoms with E-state index >= 15 is 0 Å². The second-order valence-corrected chi connectivity index (χ2v) is 13.2. The number of aliphatic hydroxyl groups is 1. The molecule has 1 aromatic heterocycles. The monoisotopic (exact) mass is 583 g/mol. The van der Waals surface area contributed by atoms with Crippen LogP contribution in [0, 0.1) is 11.8 Å². The van der Waals surface area contributed by atoms with Crippen LogP contribution in [0.25, 0.3) is 11.1 Å². The van der Waals surface area contributed by atoms with Gasteiger partial charge in [0.1, 0.15) is 5.52 Å². The van der Waals surface area contributed by atoms with Gasteiger partial charge < -0.3 is 24.5 Å². The van der Waals surface area contributed by atoms with E-state index in [0.29, 0.717) is 50.2 Å². The summed E-state index contributed by atoms with van der Waals surface area (Å²) in [6.45, 7) is 1.61. The minimum atomic E-state index is -3.57. The molecular weight excluding hydrogens is 546 g/mol. The number of hydrogen-bond acceptors (Lipinski definition) is 8. The minimum absolute atomic E-state index is 0.0193. The number of nitrogens with zero attached hydrogens (tertiary/aromatic N) is 2. The Balaban J connectivity index is 1.36. The summed E-state index contributed by atoms with van der Waals surface area (Å²) < 4.78 is 37.1. The first-order valence-corrected chi connectivity index (χ1v) is 16.0. The van der Waals surface area contributed by atoms with Crippen molar-refractivity contribution in [2.75, 3.05) is 37.8 Å². The molecule has 1 saturated heterocycles. The molecule has 2 N–H and O–H groups in total. The van der Waals surface area contributed by atoms with Crippen LogP contribution in [0.5, 0.6) is 0 Å². The van der Waals surface area contributed by atoms with E-state index in [0.717, 1.165) is 18.4 Å². The van der Waals surface area contributed by atoms with E-state index in [2.05, 4.69) is 10.3 Å². The lowest BCUT2D eigenvalue weighted by Crippen LogP contribution is -2.47. The molecule has 0 spiro atoms. The van der Waals surface area contributed by atoms with Crippen molar-refractivity contribution >= 4 is 32.8 Å². The molecule has 220 valence electrons. The molecule has 2 fully saturated rings. The Hall–Kier alpha value is -3.28. The van der Waals surface area contributed by atoms with Crippen LogP contribution in [0.15, 0.2) is 59.0 Å². The average molecular weight is 584 g/mol. The molecular formula is C30H37N3O7S. The summed E-state index contributed by atoms with van der Waals surface area (Å²) in [5, 5.41) is 14.2. The fourth-order valence-corrected chi connectivity index (χ4v) is 7.23. The van der Waals surface area contributed by atoms with Gasteiger partial charge in [-0.25, -0.2) is 13.4 Å². The van der Waals surface area contributed by atoms with Gasteiger partial charge >= 0.3 is 0 Å². The van der Waals surface area contributed by atoms with Crippen molar-refractivity contribution in [3.63, 3.8) is 0 Å². The van der Waals surface area contributed by atoms with Crippen molar-refractivity contribution in [3.8, 4) is 0 Å². The van der Waals surface area contributed by atoms with Crippen LogP contribution in [0.3, 0.4) is 0 Å². The number of aryl methyl sites for hydroxylation is 1. The van der Waals surface area contributed by atoms with Crippen molar-refractivity contribution in [1.29, 1.82) is 0 Å². The molecule has 0 bridgehead atoms. The van der Waals surface area contributed by atoms with Gasteiger partial charge in [-0.3, -0.25) is 9.59 Å². The van der Waals surface area contributed by atoms with Gasteiger partial charge in [-0.05, 0) is 49.3 Å². The first-order valence-electron chi connectivity index (χ1n) is 14.2. The van der Waals surface area contributed by atoms with Crippen molar-refractivity contribution in [2.24, 2.45) is 11.8 Å². The van der Waals surface area contributed by atoms with Crippen LogP contribution < -0.4 is 5.32 Å². The van der Waals surface area contributed by atoms with Gasteiger partial charge in [0.25, 0.3) is 0 Å². The van der Waals surface area contributed by atoms with Gasteiger partial charge in [0, 0.05) is 19.5 Å². The van der Waals surface area contributed by atoms with Gasteiger partial charge in [-0.15, -0.1) is 0 Å². The fourth-order valence-electron chi connectivity index (χ4n) is 5.16. The molecule has 2 aromatic carbocycles. The molecule has 0 radical (unpaired) electrons. The smallest absolute Gasteiger partial charge is 0.226 e. The zero-order valence-corrected chi connectivity index (χ0v) is 23.8. The normalized spacial score (nSPS) is 18.1. The number of carbonyl (C=O) groups is 2. The van der Waals surface area contributed by atoms with E-state index in [1.807, 2.05) is 36.4 Å². The third-order valence-electron chi connectivity index (χ3n) is 7.66. The van der Waals surface area contributed by atoms with Crippen LogP contribution in [0.1, 0.15) is 43.2 Å². The van der Waals surface area contributed by atoms with E-state index in [1.165, 1.54) is 0 Å². The highest BCUT2D eigenvalue weighted by Gasteiger charge is 2.36. The van der Waals surface area contributed by atoms with E-state index in [4.69, 9.17) is 9.15 Å². The summed E-state index contributed by atoms with van der Waals surface area (Å²) in [5.74, 6) is -2.18. The maximum Gasteiger partial charge on any atom is 0.226 e. The molecule has 11 heteroatoms. The molecule has 2 unspecified atom stereocenters. The highest BCUT2D eigenvalue weighted by atomic mass is 32.2. The van der Waals surface area contributed by atoms with Crippen LogP contribution in [-0.4, -0.2) is 79.1 Å². The zero-order chi connectivity index (χ0) is 28.8. The molecule has 3 aromatic rings. The number of aromatic nitrogens is 1. The van der Waals surface area contributed by atoms with Crippen LogP contribution in [0.2, 0.25) is 0 Å². The van der Waals surface area contributed by atoms with Gasteiger partial charge in [-0.2, -0.15) is 0 Å². The van der Waals surface area contributed by atoms with Crippen molar-refractivity contribution in [2.45, 2.75) is 44.2 Å². The van der Waals surface area contributed by atoms with Gasteiger partial charge in [0.05, 0.1) is 36.7 Å². The number of oxazole rings is 1. The molecule has 2 aliphatic rings. The van der Waals surface area contributed by atoms with Crippen molar-refractivity contribution in [1.82, 2.24) is 15.2 Å². The predicted octanol–water partition coefficient (Wildman–Crippen LogP) is 2.67. The topological polar surface area (TPSA) is 139 Å². The van der Waals surface area contributed by atoms with Gasteiger partial charge in [0.15, 0.2) is 21.5 Å². The Bertz CT molecular complexity index is 1400. The molecule has 5 rings (SSSR count). The van der Waals surface area contributed by atoms with E-state index in [-0.39, 0.29) is 29.9 Å². The molecule has 3 atom stereocenters. The zero-order valence-electron chi connectivity index (χ0n) is 23.0. The second-order valence-electron chi connectivity index (χ2n) is 11.0. The number of sulfone groups is 1. The number of aliphatic hydroxyl groups excluding tert-OH is 1. The number of morpholine rings is 1. The summed E-state index contributed by atoms with van der Waals surface area (Å²) in [7, 11) is -3.57. The molecule has 10 nitrogen and oxygen atoms in total. The standard InChI is InChI=1S/C30H37N3O7S/c34-27(33-14-16-39-17-15-33)18-23(20-41(37,38)19-22-10-11-22)29(36)31-25(13-12-21-6-2-1-3-7-21)28(35)30-32-24-8-4-5-9-26(24)40-30/h1-9,22-23,25,28,35H,10-20H2,(H,31,36)/t23?,25-,28?/m0/s1. The summed E-state index contributed by atoms with van der Waals surface area (Å²) in [6, 6.07) is 16.0. The molecule has 2 amide bonds. The Morgan fingerprint density at radius 3 is 2.46 bits per heavy atom. The highest BCUT2D eigenvalue weighted by molar-refractivity contribution is 7.91. The number of rotatable bonds is 13. The number of ether oxygens (including phenoxy) is 1. The predicted molar refractivity (Wildman–Crippen MR) is 153 cm³/mol. The molecule has 2 heterocycles. The molecule has 1 aliphatic carbocycles. The maximum atomic E-state index is 13.7. The largest absolute Gasteiger partial charge is 0.438 e. The van der Waals surface area contributed by atoms with Crippen LogP contribution >= 0.6 is 0 Å². The summed E-state index contributed by atoms with van der Waals surface area (Å²) in [6.07, 6.45) is 1.09. The molecule has 1 saturated carbocycles. The quantitative estimate of drug-likeness (QED) is 0.313. The Labute approximate surface area is 240 Å². The van der Waals surface area contributed by atoms with Crippen molar-refractivity contribution < 1.29 is 32.3 Å². The van der Waals surface area contributed by atoms with Crippen molar-refractivity contribution in [3.05, 3.63) is 66.1 Å². The Kier molecular flexibility index (Phi) is 9.36. The first-order chi connectivity index (χ1) is 19.8. The maximum absolute atomic E-state index is 13.7. The fraction of sp³-hybridized carbons (Fsp3) is 0.500. The van der Waals surface area contributed by atoms with E-state index in [9.17, 15) is 23.1 Å². The minimum Gasteiger partial charge on any atom is -0.438 e. The van der Waals surface area contributed by atoms with E-state index in [1.54, 1.807) is 23.1 Å². The van der Waals surface area contributed by atoms with E-state index < -0.39 is 39.6 Å². The van der Waals surface area contributed by atoms with Gasteiger partial charge in [-0.1, -0.05) is 42.5 Å². The number of fused-ring (bicyclic) bond motifs is 1. The summed E-state index contributed by atoms with van der Waals surface area (Å²) in [5.41, 5.74) is 2.10. The second kappa shape index (κ2) is 13.1. The summed E-state index contributed by atoms with van der Waals surface area (Å²) >= 11 is 0. The third-order valence-corrected chi connectivity index (χ3v) is 9.55. The lowest BCUT2D eigenvalue weighted by molar-refractivity contribution is -0.139. The van der Waals surface area contributed by atoms with Gasteiger partial charge in [0.2, 0.25) is 17.7 Å². The number of carbonyl (C=O) groups excluding carboxylic acids is 2. The average Bonchev–Trinajstić information content (AvgIpc) is 3.67. The lowest BCUT2D eigenvalue weighted by Gasteiger charge is -2.29. The number of nitrogens with one attached hydrogen (secondary N) is 1. The molecule has 41 heavy (non-hydrogen) atoms. The SMILES string of the molecule is O=C(N[C@@H](CCc1ccccc1)C(O)c1nc2ccccc2o1)C(CC(=O)N1CCOCC1)CS(=O)(=O)CC1CC1. The Morgan fingerprint density at radius 1 is 1.05 bits per heavy atom. The number of hydrogen-bond donors (Lipinski definition) is 2. The highest BCUT2D eigenvalue weighted by Crippen LogP contribution is 2.31. The Morgan fingerprint density at radius 2 is 1.76 bits per heavy atom. The van der Waals surface area contributed by atoms with Crippen LogP contribution in [0.4, 0.5) is 0 Å². The third kappa shape index (κ3) is 8.15. The lowest BCUT2D eigenvalue weighted by atomic mass is 9.99. The summed E-state index contributed by atoms with van der Waals surface area (Å²) in [4.78, 5) is 32.9. The number of amides is 2. The molecule has 1 aliphatic heterocycles. The van der Waals surface area contributed by atoms with Crippen LogP contribution in [-0.2, 0) is 30.6 Å². The number of para-hydroxylation sites is 2. The first kappa shape index (κ1) is 29.2.